The van der Waals surface area contributed by atoms with Crippen LogP contribution in [0.4, 0.5) is 21.9 Å². The average Bonchev–Trinajstić information content (AvgIpc) is 2.72. The van der Waals surface area contributed by atoms with E-state index in [0.717, 1.165) is 45.0 Å². The van der Waals surface area contributed by atoms with Gasteiger partial charge in [0.2, 0.25) is 0 Å². The molecule has 2 aromatic rings. The summed E-state index contributed by atoms with van der Waals surface area (Å²) in [4.78, 5) is 19.2. The van der Waals surface area contributed by atoms with Crippen LogP contribution in [0.2, 0.25) is 0 Å². The zero-order valence-corrected chi connectivity index (χ0v) is 17.5. The molecule has 1 heterocycles. The van der Waals surface area contributed by atoms with Gasteiger partial charge < -0.3 is 20.0 Å². The Morgan fingerprint density at radius 1 is 0.964 bits per heavy atom. The fraction of sp³-hybridized carbons (Fsp3) is 0.435. The average molecular weight is 381 g/mol. The van der Waals surface area contributed by atoms with E-state index in [1.165, 1.54) is 22.5 Å². The highest BCUT2D eigenvalue weighted by atomic mass is 16.2. The van der Waals surface area contributed by atoms with Gasteiger partial charge in [0.25, 0.3) is 0 Å². The number of nitrogens with one attached hydrogen (secondary N) is 1. The topological polar surface area (TPSA) is 38.8 Å². The van der Waals surface area contributed by atoms with Gasteiger partial charge in [-0.15, -0.1) is 0 Å². The highest BCUT2D eigenvalue weighted by molar-refractivity contribution is 5.89. The highest BCUT2D eigenvalue weighted by Gasteiger charge is 2.22. The second-order valence-electron chi connectivity index (χ2n) is 7.34. The Labute approximate surface area is 168 Å². The zero-order valence-electron chi connectivity index (χ0n) is 17.5. The van der Waals surface area contributed by atoms with Crippen molar-refractivity contribution in [3.8, 4) is 0 Å². The van der Waals surface area contributed by atoms with Crippen molar-refractivity contribution >= 4 is 23.1 Å². The molecule has 0 spiro atoms. The molecule has 1 fully saturated rings. The molecule has 2 aromatic carbocycles. The fourth-order valence-electron chi connectivity index (χ4n) is 3.78. The maximum Gasteiger partial charge on any atom is 0.321 e. The van der Waals surface area contributed by atoms with Crippen LogP contribution in [0, 0.1) is 13.8 Å². The van der Waals surface area contributed by atoms with Gasteiger partial charge in [-0.3, -0.25) is 0 Å². The summed E-state index contributed by atoms with van der Waals surface area (Å²) in [5, 5.41) is 3.04. The third-order valence-electron chi connectivity index (χ3n) is 5.73. The lowest BCUT2D eigenvalue weighted by atomic mass is 10.1. The van der Waals surface area contributed by atoms with E-state index in [1.54, 1.807) is 0 Å². The van der Waals surface area contributed by atoms with Gasteiger partial charge in [0, 0.05) is 56.3 Å². The second-order valence-corrected chi connectivity index (χ2v) is 7.34. The number of nitrogens with zero attached hydrogens (tertiary/aromatic N) is 3. The number of benzene rings is 2. The van der Waals surface area contributed by atoms with Crippen LogP contribution >= 0.6 is 0 Å². The second kappa shape index (κ2) is 9.00. The van der Waals surface area contributed by atoms with Crippen LogP contribution < -0.4 is 15.1 Å². The minimum Gasteiger partial charge on any atom is -0.372 e. The number of aryl methyl sites for hydroxylation is 1. The molecule has 5 nitrogen and oxygen atoms in total. The standard InChI is InChI=1S/C23H32N4O/c1-5-25(6-2)21-12-10-20(11-13-21)24-23(28)27-16-14-26(15-17-27)22-9-7-8-18(3)19(22)4/h7-13H,5-6,14-17H2,1-4H3,(H,24,28). The van der Waals surface area contributed by atoms with Crippen LogP contribution in [0.15, 0.2) is 42.5 Å². The van der Waals surface area contributed by atoms with Gasteiger partial charge in [-0.25, -0.2) is 4.79 Å². The van der Waals surface area contributed by atoms with Gasteiger partial charge >= 0.3 is 6.03 Å². The first-order chi connectivity index (χ1) is 13.5. The first-order valence-corrected chi connectivity index (χ1v) is 10.3. The fourth-order valence-corrected chi connectivity index (χ4v) is 3.78. The summed E-state index contributed by atoms with van der Waals surface area (Å²) in [6.45, 7) is 13.8. The molecule has 0 unspecified atom stereocenters. The first kappa shape index (κ1) is 20.1. The number of piperazine rings is 1. The molecule has 5 heteroatoms. The molecule has 3 rings (SSSR count). The van der Waals surface area contributed by atoms with Crippen molar-refractivity contribution in [3.63, 3.8) is 0 Å². The van der Waals surface area contributed by atoms with Crippen molar-refractivity contribution in [2.75, 3.05) is 54.4 Å². The number of hydrogen-bond acceptors (Lipinski definition) is 3. The molecule has 1 aliphatic heterocycles. The Morgan fingerprint density at radius 2 is 1.61 bits per heavy atom. The number of carbonyl (C=O) groups is 1. The summed E-state index contributed by atoms with van der Waals surface area (Å²) < 4.78 is 0. The molecule has 28 heavy (non-hydrogen) atoms. The molecular weight excluding hydrogens is 348 g/mol. The van der Waals surface area contributed by atoms with Crippen LogP contribution in [0.1, 0.15) is 25.0 Å². The molecule has 150 valence electrons. The molecule has 0 bridgehead atoms. The van der Waals surface area contributed by atoms with E-state index >= 15 is 0 Å². The largest absolute Gasteiger partial charge is 0.372 e. The summed E-state index contributed by atoms with van der Waals surface area (Å²) in [5.41, 5.74) is 5.95. The van der Waals surface area contributed by atoms with Gasteiger partial charge in [-0.1, -0.05) is 12.1 Å². The number of carbonyl (C=O) groups excluding carboxylic acids is 1. The van der Waals surface area contributed by atoms with Crippen molar-refractivity contribution in [2.45, 2.75) is 27.7 Å². The number of urea groups is 1. The Kier molecular flexibility index (Phi) is 6.45. The van der Waals surface area contributed by atoms with Gasteiger partial charge in [0.1, 0.15) is 0 Å². The molecule has 0 radical (unpaired) electrons. The van der Waals surface area contributed by atoms with E-state index in [4.69, 9.17) is 0 Å². The third kappa shape index (κ3) is 4.41. The van der Waals surface area contributed by atoms with Crippen molar-refractivity contribution in [3.05, 3.63) is 53.6 Å². The van der Waals surface area contributed by atoms with Crippen molar-refractivity contribution in [1.29, 1.82) is 0 Å². The lowest BCUT2D eigenvalue weighted by Crippen LogP contribution is -2.50. The minimum atomic E-state index is -0.0174. The third-order valence-corrected chi connectivity index (χ3v) is 5.73. The van der Waals surface area contributed by atoms with E-state index in [-0.39, 0.29) is 6.03 Å². The monoisotopic (exact) mass is 380 g/mol. The lowest BCUT2D eigenvalue weighted by molar-refractivity contribution is 0.208. The Bertz CT molecular complexity index is 791. The molecule has 0 atom stereocenters. The quantitative estimate of drug-likeness (QED) is 0.830. The summed E-state index contributed by atoms with van der Waals surface area (Å²) in [7, 11) is 0. The molecule has 1 N–H and O–H groups in total. The van der Waals surface area contributed by atoms with Gasteiger partial charge in [0.15, 0.2) is 0 Å². The number of rotatable bonds is 5. The van der Waals surface area contributed by atoms with E-state index < -0.39 is 0 Å². The lowest BCUT2D eigenvalue weighted by Gasteiger charge is -2.37. The minimum absolute atomic E-state index is 0.0174. The summed E-state index contributed by atoms with van der Waals surface area (Å²) >= 11 is 0. The zero-order chi connectivity index (χ0) is 20.1. The smallest absolute Gasteiger partial charge is 0.321 e. The van der Waals surface area contributed by atoms with E-state index in [9.17, 15) is 4.79 Å². The van der Waals surface area contributed by atoms with E-state index in [0.29, 0.717) is 0 Å². The van der Waals surface area contributed by atoms with Crippen LogP contribution in [-0.2, 0) is 0 Å². The molecule has 0 saturated carbocycles. The van der Waals surface area contributed by atoms with Crippen molar-refractivity contribution < 1.29 is 4.79 Å². The molecule has 1 aliphatic rings. The molecule has 0 aliphatic carbocycles. The SMILES string of the molecule is CCN(CC)c1ccc(NC(=O)N2CCN(c3cccc(C)c3C)CC2)cc1. The first-order valence-electron chi connectivity index (χ1n) is 10.3. The van der Waals surface area contributed by atoms with Crippen LogP contribution in [0.5, 0.6) is 0 Å². The molecular formula is C23H32N4O. The maximum atomic E-state index is 12.6. The van der Waals surface area contributed by atoms with E-state index in [2.05, 4.69) is 73.1 Å². The Morgan fingerprint density at radius 3 is 2.21 bits per heavy atom. The molecule has 0 aromatic heterocycles. The number of anilines is 3. The predicted molar refractivity (Wildman–Crippen MR) is 119 cm³/mol. The summed E-state index contributed by atoms with van der Waals surface area (Å²) in [6, 6.07) is 14.5. The summed E-state index contributed by atoms with van der Waals surface area (Å²) in [5.74, 6) is 0. The number of hydrogen-bond donors (Lipinski definition) is 1. The van der Waals surface area contributed by atoms with Gasteiger partial charge in [-0.05, 0) is 69.2 Å². The summed E-state index contributed by atoms with van der Waals surface area (Å²) in [6.07, 6.45) is 0. The predicted octanol–water partition coefficient (Wildman–Crippen LogP) is 4.50. The van der Waals surface area contributed by atoms with Crippen molar-refractivity contribution in [1.82, 2.24) is 4.90 Å². The highest BCUT2D eigenvalue weighted by Crippen LogP contribution is 2.24. The van der Waals surface area contributed by atoms with E-state index in [1.807, 2.05) is 17.0 Å². The Hall–Kier alpha value is -2.69. The van der Waals surface area contributed by atoms with Crippen molar-refractivity contribution in [2.24, 2.45) is 0 Å². The number of amides is 2. The molecule has 2 amide bonds. The van der Waals surface area contributed by atoms with Crippen LogP contribution in [0.3, 0.4) is 0 Å². The molecule has 1 saturated heterocycles. The normalized spacial score (nSPS) is 14.1. The Balaban J connectivity index is 1.56. The maximum absolute atomic E-state index is 12.6. The van der Waals surface area contributed by atoms with Gasteiger partial charge in [0.05, 0.1) is 0 Å². The van der Waals surface area contributed by atoms with Crippen LogP contribution in [0.25, 0.3) is 0 Å². The van der Waals surface area contributed by atoms with Gasteiger partial charge in [-0.2, -0.15) is 0 Å². The van der Waals surface area contributed by atoms with Crippen LogP contribution in [-0.4, -0.2) is 50.2 Å².